The normalized spacial score (nSPS) is 16.1. The Labute approximate surface area is 85.9 Å². The molecule has 0 aliphatic heterocycles. The fourth-order valence-electron chi connectivity index (χ4n) is 0.934. The first-order valence-corrected chi connectivity index (χ1v) is 5.03. The van der Waals surface area contributed by atoms with E-state index in [9.17, 15) is 9.90 Å². The summed E-state index contributed by atoms with van der Waals surface area (Å²) < 4.78 is 0. The Balaban J connectivity index is 3.97. The number of rotatable bonds is 5. The molecule has 0 heterocycles. The fraction of sp³-hybridized carbons (Fsp3) is 0.900. The SMILES string of the molecule is CCC(C)C(N)C(=O)NCC(C)(C)O. The lowest BCUT2D eigenvalue weighted by Crippen LogP contribution is -2.48. The molecular weight excluding hydrogens is 180 g/mol. The number of hydrogen-bond donors (Lipinski definition) is 3. The first kappa shape index (κ1) is 13.4. The Kier molecular flexibility index (Phi) is 5.08. The first-order chi connectivity index (χ1) is 6.28. The van der Waals surface area contributed by atoms with Gasteiger partial charge in [0.2, 0.25) is 5.91 Å². The fourth-order valence-corrected chi connectivity index (χ4v) is 0.934. The molecule has 84 valence electrons. The highest BCUT2D eigenvalue weighted by molar-refractivity contribution is 5.81. The van der Waals surface area contributed by atoms with Crippen molar-refractivity contribution in [3.8, 4) is 0 Å². The van der Waals surface area contributed by atoms with Gasteiger partial charge < -0.3 is 16.2 Å². The summed E-state index contributed by atoms with van der Waals surface area (Å²) in [6.07, 6.45) is 0.872. The summed E-state index contributed by atoms with van der Waals surface area (Å²) in [6, 6.07) is -0.484. The van der Waals surface area contributed by atoms with Crippen molar-refractivity contribution in [3.05, 3.63) is 0 Å². The Morgan fingerprint density at radius 3 is 2.43 bits per heavy atom. The largest absolute Gasteiger partial charge is 0.389 e. The third-order valence-corrected chi connectivity index (χ3v) is 2.25. The van der Waals surface area contributed by atoms with E-state index >= 15 is 0 Å². The maximum atomic E-state index is 11.4. The summed E-state index contributed by atoms with van der Waals surface area (Å²) in [4.78, 5) is 11.4. The van der Waals surface area contributed by atoms with Gasteiger partial charge >= 0.3 is 0 Å². The third-order valence-electron chi connectivity index (χ3n) is 2.25. The van der Waals surface area contributed by atoms with Gasteiger partial charge in [0.05, 0.1) is 11.6 Å². The molecule has 2 atom stereocenters. The van der Waals surface area contributed by atoms with Gasteiger partial charge in [0.1, 0.15) is 0 Å². The summed E-state index contributed by atoms with van der Waals surface area (Å²) in [5.74, 6) is -0.0294. The van der Waals surface area contributed by atoms with Gasteiger partial charge in [-0.15, -0.1) is 0 Å². The molecule has 0 spiro atoms. The van der Waals surface area contributed by atoms with E-state index in [1.165, 1.54) is 0 Å². The predicted octanol–water partition coefficient (Wildman–Crippen LogP) is 0.247. The number of carbonyl (C=O) groups is 1. The molecule has 14 heavy (non-hydrogen) atoms. The van der Waals surface area contributed by atoms with Crippen molar-refractivity contribution in [2.45, 2.75) is 45.8 Å². The van der Waals surface area contributed by atoms with Crippen molar-refractivity contribution in [2.75, 3.05) is 6.54 Å². The van der Waals surface area contributed by atoms with E-state index < -0.39 is 11.6 Å². The highest BCUT2D eigenvalue weighted by Gasteiger charge is 2.21. The maximum absolute atomic E-state index is 11.4. The first-order valence-electron chi connectivity index (χ1n) is 5.03. The van der Waals surface area contributed by atoms with Crippen LogP contribution in [0.2, 0.25) is 0 Å². The zero-order chi connectivity index (χ0) is 11.4. The molecule has 0 saturated heterocycles. The molecule has 1 amide bonds. The van der Waals surface area contributed by atoms with Crippen LogP contribution in [0.3, 0.4) is 0 Å². The smallest absolute Gasteiger partial charge is 0.237 e. The summed E-state index contributed by atoms with van der Waals surface area (Å²) in [6.45, 7) is 7.45. The number of hydrogen-bond acceptors (Lipinski definition) is 3. The molecule has 2 unspecified atom stereocenters. The van der Waals surface area contributed by atoms with E-state index in [0.717, 1.165) is 6.42 Å². The second-order valence-electron chi connectivity index (χ2n) is 4.44. The standard InChI is InChI=1S/C10H22N2O2/c1-5-7(2)8(11)9(13)12-6-10(3,4)14/h7-8,14H,5-6,11H2,1-4H3,(H,12,13). The molecule has 0 radical (unpaired) electrons. The molecule has 0 aliphatic carbocycles. The van der Waals surface area contributed by atoms with Crippen LogP contribution in [-0.2, 0) is 4.79 Å². The molecule has 0 aliphatic rings. The number of nitrogens with one attached hydrogen (secondary N) is 1. The highest BCUT2D eigenvalue weighted by Crippen LogP contribution is 2.05. The van der Waals surface area contributed by atoms with Crippen molar-refractivity contribution in [1.29, 1.82) is 0 Å². The van der Waals surface area contributed by atoms with Gasteiger partial charge in [0, 0.05) is 6.54 Å². The van der Waals surface area contributed by atoms with Crippen LogP contribution in [-0.4, -0.2) is 29.2 Å². The van der Waals surface area contributed by atoms with Gasteiger partial charge in [-0.1, -0.05) is 20.3 Å². The lowest BCUT2D eigenvalue weighted by atomic mass is 9.99. The molecule has 4 N–H and O–H groups in total. The Hall–Kier alpha value is -0.610. The van der Waals surface area contributed by atoms with Gasteiger partial charge in [-0.2, -0.15) is 0 Å². The van der Waals surface area contributed by atoms with Crippen LogP contribution in [0.25, 0.3) is 0 Å². The molecule has 0 fully saturated rings. The molecule has 0 bridgehead atoms. The summed E-state index contributed by atoms with van der Waals surface area (Å²) in [7, 11) is 0. The van der Waals surface area contributed by atoms with Crippen LogP contribution in [0.1, 0.15) is 34.1 Å². The monoisotopic (exact) mass is 202 g/mol. The predicted molar refractivity (Wildman–Crippen MR) is 56.7 cm³/mol. The van der Waals surface area contributed by atoms with Crippen molar-refractivity contribution < 1.29 is 9.90 Å². The molecule has 0 aromatic rings. The van der Waals surface area contributed by atoms with E-state index in [1.807, 2.05) is 13.8 Å². The highest BCUT2D eigenvalue weighted by atomic mass is 16.3. The summed E-state index contributed by atoms with van der Waals surface area (Å²) in [5.41, 5.74) is 4.82. The van der Waals surface area contributed by atoms with Crippen LogP contribution in [0.15, 0.2) is 0 Å². The van der Waals surface area contributed by atoms with E-state index in [0.29, 0.717) is 0 Å². The average Bonchev–Trinajstić information content (AvgIpc) is 2.10. The number of amides is 1. The zero-order valence-corrected chi connectivity index (χ0v) is 9.50. The van der Waals surface area contributed by atoms with Gasteiger partial charge in [0.25, 0.3) is 0 Å². The lowest BCUT2D eigenvalue weighted by molar-refractivity contribution is -0.124. The molecule has 0 rings (SSSR count). The molecule has 0 aromatic heterocycles. The van der Waals surface area contributed by atoms with Crippen LogP contribution in [0.5, 0.6) is 0 Å². The van der Waals surface area contributed by atoms with E-state index in [2.05, 4.69) is 5.32 Å². The third kappa shape index (κ3) is 5.19. The van der Waals surface area contributed by atoms with Gasteiger partial charge in [-0.25, -0.2) is 0 Å². The Bertz CT molecular complexity index is 187. The molecule has 0 aromatic carbocycles. The minimum Gasteiger partial charge on any atom is -0.389 e. The molecule has 0 saturated carbocycles. The minimum atomic E-state index is -0.884. The van der Waals surface area contributed by atoms with Crippen LogP contribution >= 0.6 is 0 Å². The number of carbonyl (C=O) groups excluding carboxylic acids is 1. The van der Waals surface area contributed by atoms with Crippen molar-refractivity contribution in [3.63, 3.8) is 0 Å². The topological polar surface area (TPSA) is 75.4 Å². The quantitative estimate of drug-likeness (QED) is 0.598. The second kappa shape index (κ2) is 5.32. The zero-order valence-electron chi connectivity index (χ0n) is 9.50. The summed E-state index contributed by atoms with van der Waals surface area (Å²) in [5, 5.41) is 12.0. The van der Waals surface area contributed by atoms with Crippen LogP contribution < -0.4 is 11.1 Å². The van der Waals surface area contributed by atoms with Crippen LogP contribution in [0, 0.1) is 5.92 Å². The summed E-state index contributed by atoms with van der Waals surface area (Å²) >= 11 is 0. The van der Waals surface area contributed by atoms with Gasteiger partial charge in [-0.3, -0.25) is 4.79 Å². The lowest BCUT2D eigenvalue weighted by Gasteiger charge is -2.22. The van der Waals surface area contributed by atoms with E-state index in [-0.39, 0.29) is 18.4 Å². The average molecular weight is 202 g/mol. The molecule has 4 heteroatoms. The van der Waals surface area contributed by atoms with E-state index in [4.69, 9.17) is 5.73 Å². The maximum Gasteiger partial charge on any atom is 0.237 e. The van der Waals surface area contributed by atoms with Gasteiger partial charge in [0.15, 0.2) is 0 Å². The number of nitrogens with two attached hydrogens (primary N) is 1. The van der Waals surface area contributed by atoms with E-state index in [1.54, 1.807) is 13.8 Å². The van der Waals surface area contributed by atoms with Crippen molar-refractivity contribution >= 4 is 5.91 Å². The van der Waals surface area contributed by atoms with Crippen molar-refractivity contribution in [1.82, 2.24) is 5.32 Å². The van der Waals surface area contributed by atoms with Crippen molar-refractivity contribution in [2.24, 2.45) is 11.7 Å². The van der Waals surface area contributed by atoms with Gasteiger partial charge in [-0.05, 0) is 19.8 Å². The second-order valence-corrected chi connectivity index (χ2v) is 4.44. The Morgan fingerprint density at radius 2 is 2.07 bits per heavy atom. The Morgan fingerprint density at radius 1 is 1.57 bits per heavy atom. The van der Waals surface area contributed by atoms with Crippen LogP contribution in [0.4, 0.5) is 0 Å². The minimum absolute atomic E-state index is 0.164. The molecular formula is C10H22N2O2. The molecule has 4 nitrogen and oxygen atoms in total. The number of aliphatic hydroxyl groups is 1.